The number of hydrogen-bond donors (Lipinski definition) is 1. The number of ether oxygens (including phenoxy) is 2. The van der Waals surface area contributed by atoms with Crippen LogP contribution in [0.1, 0.15) is 34.5 Å². The smallest absolute Gasteiger partial charge is 0.161 e. The number of benzene rings is 2. The number of rotatable bonds is 10. The molecule has 0 bridgehead atoms. The molecule has 1 unspecified atom stereocenters. The summed E-state index contributed by atoms with van der Waals surface area (Å²) in [7, 11) is 1.35. The minimum absolute atomic E-state index is 0.0334. The summed E-state index contributed by atoms with van der Waals surface area (Å²) >= 11 is 0. The Labute approximate surface area is 203 Å². The summed E-state index contributed by atoms with van der Waals surface area (Å²) < 4.78 is 115. The Hall–Kier alpha value is -2.41. The van der Waals surface area contributed by atoms with Gasteiger partial charge in [-0.1, -0.05) is 30.3 Å². The lowest BCUT2D eigenvalue weighted by atomic mass is 9.98. The summed E-state index contributed by atoms with van der Waals surface area (Å²) in [5.74, 6) is -0.461. The largest absolute Gasteiger partial charge is 0.493 e. The number of para-hydroxylation sites is 2. The first-order valence-electron chi connectivity index (χ1n) is 16.3. The average molecular weight is 440 g/mol. The topological polar surface area (TPSA) is 62.2 Å². The predicted molar refractivity (Wildman–Crippen MR) is 122 cm³/mol. The molecule has 0 aromatic heterocycles. The van der Waals surface area contributed by atoms with Gasteiger partial charge in [0.2, 0.25) is 0 Å². The number of ketones is 1. The Morgan fingerprint density at radius 2 is 1.81 bits per heavy atom. The van der Waals surface area contributed by atoms with E-state index >= 15 is 0 Å². The number of carbonyl (C=O) groups is 1. The van der Waals surface area contributed by atoms with Gasteiger partial charge in [-0.15, -0.1) is 0 Å². The summed E-state index contributed by atoms with van der Waals surface area (Å²) in [6.07, 6.45) is -2.97. The summed E-state index contributed by atoms with van der Waals surface area (Å²) in [5, 5.41) is 10.7. The van der Waals surface area contributed by atoms with Crippen LogP contribution in [0.15, 0.2) is 42.4 Å². The van der Waals surface area contributed by atoms with Crippen LogP contribution in [-0.4, -0.2) is 79.7 Å². The van der Waals surface area contributed by atoms with E-state index in [1.807, 2.05) is 0 Å². The highest BCUT2D eigenvalue weighted by molar-refractivity contribution is 5.83. The lowest BCUT2D eigenvalue weighted by Gasteiger charge is -2.35. The molecule has 1 aliphatic heterocycles. The Bertz CT molecular complexity index is 1320. The molecule has 3 rings (SSSR count). The van der Waals surface area contributed by atoms with Crippen molar-refractivity contribution in [3.63, 3.8) is 0 Å². The maximum absolute atomic E-state index is 13.1. The molecule has 1 N–H and O–H groups in total. The molecular formula is C25H34N2O4. The quantitative estimate of drug-likeness (QED) is 0.614. The van der Waals surface area contributed by atoms with Crippen LogP contribution in [0, 0.1) is 13.7 Å². The van der Waals surface area contributed by atoms with Gasteiger partial charge < -0.3 is 14.6 Å². The second-order valence-corrected chi connectivity index (χ2v) is 6.98. The van der Waals surface area contributed by atoms with Crippen molar-refractivity contribution in [3.8, 4) is 11.5 Å². The fourth-order valence-corrected chi connectivity index (χ4v) is 3.17. The van der Waals surface area contributed by atoms with E-state index in [0.29, 0.717) is 0 Å². The molecule has 0 spiro atoms. The molecule has 0 radical (unpaired) electrons. The monoisotopic (exact) mass is 439 g/mol. The van der Waals surface area contributed by atoms with Crippen molar-refractivity contribution >= 4 is 5.78 Å². The van der Waals surface area contributed by atoms with Gasteiger partial charge in [-0.25, -0.2) is 0 Å². The third-order valence-corrected chi connectivity index (χ3v) is 4.78. The minimum atomic E-state index is -3.02. The lowest BCUT2D eigenvalue weighted by Crippen LogP contribution is -2.50. The molecule has 1 atom stereocenters. The summed E-state index contributed by atoms with van der Waals surface area (Å²) in [5.41, 5.74) is -2.00. The first-order chi connectivity index (χ1) is 20.1. The molecule has 1 aliphatic rings. The maximum Gasteiger partial charge on any atom is 0.161 e. The number of aliphatic hydroxyl groups is 1. The van der Waals surface area contributed by atoms with Crippen molar-refractivity contribution < 1.29 is 37.2 Å². The van der Waals surface area contributed by atoms with Gasteiger partial charge >= 0.3 is 0 Å². The second-order valence-electron chi connectivity index (χ2n) is 6.98. The molecule has 1 heterocycles. The normalized spacial score (nSPS) is 24.0. The van der Waals surface area contributed by atoms with Gasteiger partial charge in [-0.2, -0.15) is 0 Å². The van der Waals surface area contributed by atoms with E-state index in [4.69, 9.17) is 27.3 Å². The Morgan fingerprint density at radius 1 is 1.16 bits per heavy atom. The van der Waals surface area contributed by atoms with Gasteiger partial charge in [0.15, 0.2) is 17.3 Å². The lowest BCUT2D eigenvalue weighted by molar-refractivity contribution is -0.120. The first kappa shape index (κ1) is 11.5. The highest BCUT2D eigenvalue weighted by Gasteiger charge is 2.21. The fraction of sp³-hybridized carbons (Fsp3) is 0.480. The number of hydrogen-bond acceptors (Lipinski definition) is 6. The van der Waals surface area contributed by atoms with Crippen LogP contribution in [-0.2, 0) is 11.2 Å². The van der Waals surface area contributed by atoms with Crippen LogP contribution in [0.3, 0.4) is 0 Å². The zero-order chi connectivity index (χ0) is 33.4. The molecule has 0 aliphatic carbocycles. The third-order valence-electron chi connectivity index (χ3n) is 4.78. The molecule has 6 nitrogen and oxygen atoms in total. The van der Waals surface area contributed by atoms with Crippen molar-refractivity contribution in [2.45, 2.75) is 26.2 Å². The van der Waals surface area contributed by atoms with E-state index in [0.717, 1.165) is 0 Å². The fourth-order valence-electron chi connectivity index (χ4n) is 3.17. The number of nitrogens with zero attached hydrogens (tertiary/aromatic N) is 2. The van der Waals surface area contributed by atoms with Crippen LogP contribution in [0.4, 0.5) is 0 Å². The van der Waals surface area contributed by atoms with E-state index in [2.05, 4.69) is 0 Å². The maximum atomic E-state index is 13.1. The van der Waals surface area contributed by atoms with Crippen molar-refractivity contribution in [2.24, 2.45) is 0 Å². The number of Topliss-reactive ketones (excluding diaryl/α,β-unsaturated/α-hetero) is 1. The summed E-state index contributed by atoms with van der Waals surface area (Å²) in [6, 6.07) is 3.59. The molecule has 2 aromatic carbocycles. The van der Waals surface area contributed by atoms with E-state index in [-0.39, 0.29) is 44.2 Å². The SMILES string of the molecule is [2H]c1c([2H])c(C([2H])([2H])[2H])c(CC(=O)CN2CCN(C([2H])([2H])C(O)C([2H])([2H])Oc3ccccc3OC)CC2)c(C([2H])([2H])[2H])c1[2H]. The number of β-amino-alcohol motifs (C(OH)–C–C–N with tert-alkyl or cyclic N) is 1. The summed E-state index contributed by atoms with van der Waals surface area (Å²) in [6.45, 7) is -11.7. The van der Waals surface area contributed by atoms with Crippen LogP contribution in [0.5, 0.6) is 11.5 Å². The molecule has 31 heavy (non-hydrogen) atoms. The first-order valence-corrected chi connectivity index (χ1v) is 9.75. The predicted octanol–water partition coefficient (Wildman–Crippen LogP) is 2.48. The highest BCUT2D eigenvalue weighted by atomic mass is 16.5. The molecular weight excluding hydrogens is 392 g/mol. The standard InChI is InChI=1S/C25H34N2O4/c1-19-7-6-8-20(2)23(19)15-21(28)16-26-11-13-27(14-12-26)17-22(29)18-31-25-10-5-4-9-24(25)30-3/h4-10,22,29H,11-18H2,1-3H3/i1D3,2D3,6D,7D,8D,17D2,18D2. The van der Waals surface area contributed by atoms with E-state index < -0.39 is 79.9 Å². The van der Waals surface area contributed by atoms with Crippen LogP contribution >= 0.6 is 0 Å². The molecule has 6 heteroatoms. The van der Waals surface area contributed by atoms with Gasteiger partial charge in [-0.05, 0) is 42.5 Å². The van der Waals surface area contributed by atoms with E-state index in [1.54, 1.807) is 17.0 Å². The van der Waals surface area contributed by atoms with Gasteiger partial charge in [0.1, 0.15) is 12.7 Å². The number of carbonyl (C=O) groups excluding carboxylic acids is 1. The van der Waals surface area contributed by atoms with E-state index in [9.17, 15) is 9.90 Å². The van der Waals surface area contributed by atoms with Gasteiger partial charge in [0.05, 0.1) is 20.5 Å². The highest BCUT2D eigenvalue weighted by Crippen LogP contribution is 2.25. The van der Waals surface area contributed by atoms with Crippen molar-refractivity contribution in [2.75, 3.05) is 52.9 Å². The Kier molecular flexibility index (Phi) is 4.17. The molecule has 1 fully saturated rings. The van der Waals surface area contributed by atoms with Crippen LogP contribution < -0.4 is 9.47 Å². The Balaban J connectivity index is 1.73. The zero-order valence-electron chi connectivity index (χ0n) is 30.2. The number of piperazine rings is 1. The van der Waals surface area contributed by atoms with Gasteiger partial charge in [0, 0.05) is 50.1 Å². The van der Waals surface area contributed by atoms with Crippen LogP contribution in [0.25, 0.3) is 0 Å². The number of methoxy groups -OCH3 is 1. The van der Waals surface area contributed by atoms with Gasteiger partial charge in [-0.3, -0.25) is 14.6 Å². The van der Waals surface area contributed by atoms with Crippen LogP contribution in [0.2, 0.25) is 0 Å². The van der Waals surface area contributed by atoms with Crippen molar-refractivity contribution in [1.29, 1.82) is 0 Å². The van der Waals surface area contributed by atoms with Crippen molar-refractivity contribution in [3.05, 3.63) is 59.1 Å². The Morgan fingerprint density at radius 3 is 2.45 bits per heavy atom. The molecule has 2 aromatic rings. The van der Waals surface area contributed by atoms with Gasteiger partial charge in [0.25, 0.3) is 0 Å². The van der Waals surface area contributed by atoms with E-state index in [1.165, 1.54) is 24.1 Å². The second kappa shape index (κ2) is 11.3. The summed E-state index contributed by atoms with van der Waals surface area (Å²) in [4.78, 5) is 15.9. The molecule has 168 valence electrons. The average Bonchev–Trinajstić information content (AvgIpc) is 2.90. The number of aliphatic hydroxyl groups excluding tert-OH is 1. The minimum Gasteiger partial charge on any atom is -0.493 e. The van der Waals surface area contributed by atoms with Crippen molar-refractivity contribution in [1.82, 2.24) is 9.80 Å². The third kappa shape index (κ3) is 6.79. The zero-order valence-corrected chi connectivity index (χ0v) is 17.2. The molecule has 1 saturated heterocycles. The molecule has 0 saturated carbocycles. The molecule has 0 amide bonds.